The zero-order valence-corrected chi connectivity index (χ0v) is 13.6. The van der Waals surface area contributed by atoms with E-state index in [2.05, 4.69) is 15.4 Å². The summed E-state index contributed by atoms with van der Waals surface area (Å²) in [5, 5.41) is 7.13. The monoisotopic (exact) mass is 328 g/mol. The van der Waals surface area contributed by atoms with Crippen LogP contribution < -0.4 is 15.6 Å². The molecule has 3 rings (SSSR count). The third-order valence-electron chi connectivity index (χ3n) is 3.78. The van der Waals surface area contributed by atoms with Gasteiger partial charge in [-0.2, -0.15) is 5.10 Å². The fourth-order valence-corrected chi connectivity index (χ4v) is 2.35. The Bertz CT molecular complexity index is 766. The van der Waals surface area contributed by atoms with Gasteiger partial charge in [0.15, 0.2) is 0 Å². The van der Waals surface area contributed by atoms with Crippen LogP contribution in [0.5, 0.6) is 5.88 Å². The molecule has 1 aliphatic rings. The molecule has 0 saturated heterocycles. The van der Waals surface area contributed by atoms with E-state index in [1.807, 2.05) is 6.92 Å². The first-order valence-corrected chi connectivity index (χ1v) is 8.12. The van der Waals surface area contributed by atoms with Crippen molar-refractivity contribution in [1.29, 1.82) is 0 Å². The number of hydrogen-bond donors (Lipinski definition) is 1. The second-order valence-electron chi connectivity index (χ2n) is 5.67. The zero-order chi connectivity index (χ0) is 16.9. The molecule has 1 fully saturated rings. The van der Waals surface area contributed by atoms with Crippen LogP contribution in [0.2, 0.25) is 0 Å². The summed E-state index contributed by atoms with van der Waals surface area (Å²) in [6.07, 6.45) is 3.73. The van der Waals surface area contributed by atoms with Crippen molar-refractivity contribution < 1.29 is 9.53 Å². The number of rotatable bonds is 7. The fraction of sp³-hybridized carbons (Fsp3) is 0.412. The molecule has 2 aromatic heterocycles. The molecule has 1 N–H and O–H groups in total. The van der Waals surface area contributed by atoms with Gasteiger partial charge in [-0.1, -0.05) is 0 Å². The van der Waals surface area contributed by atoms with Crippen LogP contribution in [0.1, 0.15) is 41.7 Å². The number of aromatic nitrogens is 3. The van der Waals surface area contributed by atoms with Crippen molar-refractivity contribution in [3.05, 3.63) is 52.1 Å². The van der Waals surface area contributed by atoms with E-state index in [1.54, 1.807) is 24.3 Å². The minimum Gasteiger partial charge on any atom is -0.478 e. The molecule has 0 spiro atoms. The van der Waals surface area contributed by atoms with Crippen molar-refractivity contribution in [1.82, 2.24) is 20.1 Å². The fourth-order valence-electron chi connectivity index (χ4n) is 2.35. The lowest BCUT2D eigenvalue weighted by molar-refractivity contribution is 0.0951. The lowest BCUT2D eigenvalue weighted by Gasteiger charge is -2.08. The Morgan fingerprint density at radius 1 is 1.33 bits per heavy atom. The van der Waals surface area contributed by atoms with Crippen molar-refractivity contribution in [3.63, 3.8) is 0 Å². The van der Waals surface area contributed by atoms with Gasteiger partial charge in [-0.3, -0.25) is 9.59 Å². The Balaban J connectivity index is 1.55. The molecule has 1 aliphatic carbocycles. The highest BCUT2D eigenvalue weighted by Gasteiger charge is 2.25. The molecular weight excluding hydrogens is 308 g/mol. The number of carbonyl (C=O) groups is 1. The summed E-state index contributed by atoms with van der Waals surface area (Å²) in [5.41, 5.74) is 1.25. The Kier molecular flexibility index (Phi) is 4.88. The van der Waals surface area contributed by atoms with Gasteiger partial charge in [-0.05, 0) is 31.9 Å². The standard InChI is InChI=1S/C17H20N4O3/c1-2-24-15-7-5-13(11-19-15)17(23)18-9-10-21-16(22)8-6-14(20-21)12-3-4-12/h5-8,11-12H,2-4,9-10H2,1H3,(H,18,23). The van der Waals surface area contributed by atoms with Crippen LogP contribution in [0.4, 0.5) is 0 Å². The first kappa shape index (κ1) is 16.2. The van der Waals surface area contributed by atoms with Crippen LogP contribution in [0, 0.1) is 0 Å². The largest absolute Gasteiger partial charge is 0.478 e. The van der Waals surface area contributed by atoms with Gasteiger partial charge in [0.25, 0.3) is 11.5 Å². The maximum atomic E-state index is 12.1. The topological polar surface area (TPSA) is 86.1 Å². The van der Waals surface area contributed by atoms with Crippen molar-refractivity contribution in [2.24, 2.45) is 0 Å². The van der Waals surface area contributed by atoms with Crippen LogP contribution >= 0.6 is 0 Å². The molecule has 2 aromatic rings. The molecule has 7 heteroatoms. The predicted molar refractivity (Wildman–Crippen MR) is 88.2 cm³/mol. The van der Waals surface area contributed by atoms with Crippen molar-refractivity contribution in [2.75, 3.05) is 13.2 Å². The Morgan fingerprint density at radius 2 is 2.17 bits per heavy atom. The van der Waals surface area contributed by atoms with E-state index < -0.39 is 0 Å². The number of nitrogens with zero attached hydrogens (tertiary/aromatic N) is 3. The smallest absolute Gasteiger partial charge is 0.266 e. The van der Waals surface area contributed by atoms with E-state index >= 15 is 0 Å². The third kappa shape index (κ3) is 3.98. The number of nitrogens with one attached hydrogen (secondary N) is 1. The number of carbonyl (C=O) groups excluding carboxylic acids is 1. The van der Waals surface area contributed by atoms with Gasteiger partial charge in [-0.15, -0.1) is 0 Å². The van der Waals surface area contributed by atoms with Gasteiger partial charge in [0, 0.05) is 30.8 Å². The third-order valence-corrected chi connectivity index (χ3v) is 3.78. The summed E-state index contributed by atoms with van der Waals surface area (Å²) in [6.45, 7) is 3.07. The second kappa shape index (κ2) is 7.25. The minimum absolute atomic E-state index is 0.156. The van der Waals surface area contributed by atoms with E-state index in [4.69, 9.17) is 4.74 Å². The number of hydrogen-bond acceptors (Lipinski definition) is 5. The SMILES string of the molecule is CCOc1ccc(C(=O)NCCn2nc(C3CC3)ccc2=O)cn1. The lowest BCUT2D eigenvalue weighted by atomic mass is 10.2. The number of ether oxygens (including phenoxy) is 1. The average Bonchev–Trinajstić information content (AvgIpc) is 3.42. The molecule has 126 valence electrons. The summed E-state index contributed by atoms with van der Waals surface area (Å²) >= 11 is 0. The Labute approximate surface area is 139 Å². The lowest BCUT2D eigenvalue weighted by Crippen LogP contribution is -2.32. The van der Waals surface area contributed by atoms with Crippen LogP contribution in [0.3, 0.4) is 0 Å². The van der Waals surface area contributed by atoms with E-state index in [-0.39, 0.29) is 11.5 Å². The van der Waals surface area contributed by atoms with Gasteiger partial charge in [0.2, 0.25) is 5.88 Å². The van der Waals surface area contributed by atoms with Crippen LogP contribution in [-0.2, 0) is 6.54 Å². The highest BCUT2D eigenvalue weighted by Crippen LogP contribution is 2.38. The number of pyridine rings is 1. The predicted octanol–water partition coefficient (Wildman–Crippen LogP) is 1.34. The first-order chi connectivity index (χ1) is 11.7. The van der Waals surface area contributed by atoms with E-state index in [1.165, 1.54) is 10.9 Å². The van der Waals surface area contributed by atoms with Gasteiger partial charge in [-0.25, -0.2) is 9.67 Å². The van der Waals surface area contributed by atoms with Crippen molar-refractivity contribution in [2.45, 2.75) is 32.2 Å². The van der Waals surface area contributed by atoms with E-state index in [0.29, 0.717) is 37.1 Å². The summed E-state index contributed by atoms with van der Waals surface area (Å²) in [6, 6.07) is 6.65. The molecule has 0 atom stereocenters. The second-order valence-corrected chi connectivity index (χ2v) is 5.67. The molecule has 0 aliphatic heterocycles. The molecule has 1 saturated carbocycles. The van der Waals surface area contributed by atoms with Gasteiger partial charge in [0.05, 0.1) is 24.4 Å². The molecule has 1 amide bonds. The molecule has 2 heterocycles. The Hall–Kier alpha value is -2.70. The van der Waals surface area contributed by atoms with Crippen LogP contribution in [0.25, 0.3) is 0 Å². The normalized spacial score (nSPS) is 13.5. The first-order valence-electron chi connectivity index (χ1n) is 8.12. The highest BCUT2D eigenvalue weighted by molar-refractivity contribution is 5.93. The quantitative estimate of drug-likeness (QED) is 0.829. The molecule has 24 heavy (non-hydrogen) atoms. The molecule has 0 aromatic carbocycles. The summed E-state index contributed by atoms with van der Waals surface area (Å²) in [7, 11) is 0. The van der Waals surface area contributed by atoms with Crippen molar-refractivity contribution >= 4 is 5.91 Å². The van der Waals surface area contributed by atoms with E-state index in [0.717, 1.165) is 18.5 Å². The van der Waals surface area contributed by atoms with Crippen LogP contribution in [0.15, 0.2) is 35.3 Å². The molecule has 0 bridgehead atoms. The zero-order valence-electron chi connectivity index (χ0n) is 13.6. The maximum absolute atomic E-state index is 12.1. The maximum Gasteiger partial charge on any atom is 0.266 e. The summed E-state index contributed by atoms with van der Waals surface area (Å²) in [5.74, 6) is 0.736. The Morgan fingerprint density at radius 3 is 2.83 bits per heavy atom. The molecule has 7 nitrogen and oxygen atoms in total. The van der Waals surface area contributed by atoms with Gasteiger partial charge < -0.3 is 10.1 Å². The highest BCUT2D eigenvalue weighted by atomic mass is 16.5. The van der Waals surface area contributed by atoms with E-state index in [9.17, 15) is 9.59 Å². The van der Waals surface area contributed by atoms with Gasteiger partial charge >= 0.3 is 0 Å². The average molecular weight is 328 g/mol. The molecular formula is C17H20N4O3. The summed E-state index contributed by atoms with van der Waals surface area (Å²) < 4.78 is 6.65. The van der Waals surface area contributed by atoms with Crippen molar-refractivity contribution in [3.8, 4) is 5.88 Å². The summed E-state index contributed by atoms with van der Waals surface area (Å²) in [4.78, 5) is 28.0. The minimum atomic E-state index is -0.239. The molecule has 0 unspecified atom stereocenters. The number of amides is 1. The van der Waals surface area contributed by atoms with Gasteiger partial charge in [0.1, 0.15) is 0 Å². The molecule has 0 radical (unpaired) electrons. The van der Waals surface area contributed by atoms with Crippen LogP contribution in [-0.4, -0.2) is 33.8 Å².